The maximum Gasteiger partial charge on any atom is 0.326 e. The minimum absolute atomic E-state index is 0.173. The molecule has 1 fully saturated rings. The molecule has 1 aliphatic rings. The molecule has 0 aliphatic heterocycles. The third-order valence-electron chi connectivity index (χ3n) is 4.47. The van der Waals surface area contributed by atoms with Crippen molar-refractivity contribution in [2.45, 2.75) is 83.6 Å². The molecule has 1 rings (SSSR count). The predicted octanol–water partition coefficient (Wildman–Crippen LogP) is 3.80. The van der Waals surface area contributed by atoms with Gasteiger partial charge in [-0.2, -0.15) is 0 Å². The highest BCUT2D eigenvalue weighted by Crippen LogP contribution is 2.32. The van der Waals surface area contributed by atoms with Crippen molar-refractivity contribution >= 4 is 5.97 Å². The number of carbonyl (C=O) groups is 1. The molecule has 2 atom stereocenters. The summed E-state index contributed by atoms with van der Waals surface area (Å²) in [6.45, 7) is 4.83. The van der Waals surface area contributed by atoms with Crippen molar-refractivity contribution in [1.82, 2.24) is 0 Å². The van der Waals surface area contributed by atoms with Crippen LogP contribution < -0.4 is 5.73 Å². The molecule has 2 N–H and O–H groups in total. The quantitative estimate of drug-likeness (QED) is 0.538. The van der Waals surface area contributed by atoms with Crippen molar-refractivity contribution in [3.05, 3.63) is 0 Å². The van der Waals surface area contributed by atoms with E-state index in [1.165, 1.54) is 32.1 Å². The number of carbonyl (C=O) groups excluding carboxylic acids is 1. The smallest absolute Gasteiger partial charge is 0.326 e. The van der Waals surface area contributed by atoms with E-state index in [0.29, 0.717) is 6.61 Å². The van der Waals surface area contributed by atoms with Gasteiger partial charge in [0.15, 0.2) is 0 Å². The van der Waals surface area contributed by atoms with E-state index < -0.39 is 5.54 Å². The summed E-state index contributed by atoms with van der Waals surface area (Å²) in [4.78, 5) is 12.1. The Balaban J connectivity index is 2.16. The second-order valence-corrected chi connectivity index (χ2v) is 6.09. The molecule has 1 aliphatic carbocycles. The van der Waals surface area contributed by atoms with Crippen molar-refractivity contribution < 1.29 is 9.53 Å². The number of unbranched alkanes of at least 4 members (excludes halogenated alkanes) is 5. The standard InChI is InChI=1S/C16H31NO2/c1-3-4-5-6-7-10-13-19-15(18)16(17)12-9-8-11-14(16)2/h14H,3-13,17H2,1-2H3. The first-order chi connectivity index (χ1) is 9.11. The largest absolute Gasteiger partial charge is 0.464 e. The Morgan fingerprint density at radius 3 is 2.58 bits per heavy atom. The molecule has 0 aromatic rings. The highest BCUT2D eigenvalue weighted by Gasteiger charge is 2.42. The zero-order valence-corrected chi connectivity index (χ0v) is 12.7. The summed E-state index contributed by atoms with van der Waals surface area (Å²) < 4.78 is 5.40. The molecule has 0 radical (unpaired) electrons. The number of esters is 1. The van der Waals surface area contributed by atoms with Gasteiger partial charge in [0.2, 0.25) is 0 Å². The van der Waals surface area contributed by atoms with E-state index in [0.717, 1.165) is 32.1 Å². The Hall–Kier alpha value is -0.570. The molecule has 1 saturated carbocycles. The van der Waals surface area contributed by atoms with Crippen LogP contribution in [0, 0.1) is 5.92 Å². The van der Waals surface area contributed by atoms with Crippen LogP contribution in [0.5, 0.6) is 0 Å². The number of hydrogen-bond acceptors (Lipinski definition) is 3. The Morgan fingerprint density at radius 2 is 1.89 bits per heavy atom. The van der Waals surface area contributed by atoms with Gasteiger partial charge in [-0.1, -0.05) is 58.8 Å². The van der Waals surface area contributed by atoms with Crippen molar-refractivity contribution in [2.75, 3.05) is 6.61 Å². The Kier molecular flexibility index (Phi) is 7.44. The highest BCUT2D eigenvalue weighted by atomic mass is 16.5. The Bertz CT molecular complexity index is 267. The minimum Gasteiger partial charge on any atom is -0.464 e. The molecule has 0 bridgehead atoms. The molecular formula is C16H31NO2. The molecule has 0 amide bonds. The topological polar surface area (TPSA) is 52.3 Å². The molecule has 0 aromatic heterocycles. The van der Waals surface area contributed by atoms with Crippen LogP contribution in [-0.2, 0) is 9.53 Å². The van der Waals surface area contributed by atoms with E-state index in [4.69, 9.17) is 10.5 Å². The molecule has 3 nitrogen and oxygen atoms in total. The second-order valence-electron chi connectivity index (χ2n) is 6.09. The van der Waals surface area contributed by atoms with Crippen LogP contribution >= 0.6 is 0 Å². The van der Waals surface area contributed by atoms with E-state index in [-0.39, 0.29) is 11.9 Å². The lowest BCUT2D eigenvalue weighted by Crippen LogP contribution is -2.55. The average Bonchev–Trinajstić information content (AvgIpc) is 2.41. The van der Waals surface area contributed by atoms with Crippen LogP contribution in [0.4, 0.5) is 0 Å². The summed E-state index contributed by atoms with van der Waals surface area (Å²) in [7, 11) is 0. The fourth-order valence-corrected chi connectivity index (χ4v) is 2.86. The molecule has 0 saturated heterocycles. The summed E-state index contributed by atoms with van der Waals surface area (Å²) in [5.41, 5.74) is 5.53. The number of ether oxygens (including phenoxy) is 1. The lowest BCUT2D eigenvalue weighted by molar-refractivity contribution is -0.153. The summed E-state index contributed by atoms with van der Waals surface area (Å²) in [5.74, 6) is 0.0755. The first kappa shape index (κ1) is 16.5. The van der Waals surface area contributed by atoms with Gasteiger partial charge < -0.3 is 10.5 Å². The van der Waals surface area contributed by atoms with Crippen molar-refractivity contribution in [3.8, 4) is 0 Å². The zero-order valence-electron chi connectivity index (χ0n) is 12.7. The summed E-state index contributed by atoms with van der Waals surface area (Å²) >= 11 is 0. The number of rotatable bonds is 8. The lowest BCUT2D eigenvalue weighted by atomic mass is 9.74. The highest BCUT2D eigenvalue weighted by molar-refractivity contribution is 5.81. The van der Waals surface area contributed by atoms with Gasteiger partial charge in [0, 0.05) is 0 Å². The van der Waals surface area contributed by atoms with Crippen LogP contribution in [0.3, 0.4) is 0 Å². The SMILES string of the molecule is CCCCCCCCOC(=O)C1(N)CCCCC1C. The van der Waals surface area contributed by atoms with Gasteiger partial charge in [0.25, 0.3) is 0 Å². The fourth-order valence-electron chi connectivity index (χ4n) is 2.86. The van der Waals surface area contributed by atoms with Gasteiger partial charge in [-0.3, -0.25) is 4.79 Å². The van der Waals surface area contributed by atoms with Crippen LogP contribution in [0.25, 0.3) is 0 Å². The van der Waals surface area contributed by atoms with E-state index in [1.807, 2.05) is 0 Å². The molecule has 0 heterocycles. The first-order valence-corrected chi connectivity index (χ1v) is 8.07. The molecule has 2 unspecified atom stereocenters. The molecule has 19 heavy (non-hydrogen) atoms. The van der Waals surface area contributed by atoms with E-state index in [2.05, 4.69) is 13.8 Å². The monoisotopic (exact) mass is 269 g/mol. The maximum atomic E-state index is 12.1. The van der Waals surface area contributed by atoms with E-state index in [9.17, 15) is 4.79 Å². The summed E-state index contributed by atoms with van der Waals surface area (Å²) in [6, 6.07) is 0. The van der Waals surface area contributed by atoms with Gasteiger partial charge in [-0.15, -0.1) is 0 Å². The van der Waals surface area contributed by atoms with Gasteiger partial charge in [-0.25, -0.2) is 0 Å². The van der Waals surface area contributed by atoms with Crippen molar-refractivity contribution in [1.29, 1.82) is 0 Å². The van der Waals surface area contributed by atoms with Crippen LogP contribution in [0.15, 0.2) is 0 Å². The Labute approximate surface area is 118 Å². The number of nitrogens with two attached hydrogens (primary N) is 1. The molecular weight excluding hydrogens is 238 g/mol. The van der Waals surface area contributed by atoms with Gasteiger partial charge >= 0.3 is 5.97 Å². The average molecular weight is 269 g/mol. The second kappa shape index (κ2) is 8.57. The third-order valence-corrected chi connectivity index (χ3v) is 4.47. The van der Waals surface area contributed by atoms with E-state index >= 15 is 0 Å². The fraction of sp³-hybridized carbons (Fsp3) is 0.938. The molecule has 0 spiro atoms. The normalized spacial score (nSPS) is 27.2. The summed E-state index contributed by atoms with van der Waals surface area (Å²) in [6.07, 6.45) is 11.3. The zero-order chi connectivity index (χ0) is 14.1. The van der Waals surface area contributed by atoms with Gasteiger partial charge in [0.1, 0.15) is 5.54 Å². The molecule has 3 heteroatoms. The summed E-state index contributed by atoms with van der Waals surface area (Å²) in [5, 5.41) is 0. The van der Waals surface area contributed by atoms with Crippen LogP contribution in [-0.4, -0.2) is 18.1 Å². The van der Waals surface area contributed by atoms with E-state index in [1.54, 1.807) is 0 Å². The van der Waals surface area contributed by atoms with Gasteiger partial charge in [0.05, 0.1) is 6.61 Å². The van der Waals surface area contributed by atoms with Crippen molar-refractivity contribution in [2.24, 2.45) is 11.7 Å². The predicted molar refractivity (Wildman–Crippen MR) is 78.9 cm³/mol. The minimum atomic E-state index is -0.722. The molecule has 0 aromatic carbocycles. The number of hydrogen-bond donors (Lipinski definition) is 1. The van der Waals surface area contributed by atoms with Crippen LogP contribution in [0.1, 0.15) is 78.1 Å². The molecule has 112 valence electrons. The van der Waals surface area contributed by atoms with Crippen LogP contribution in [0.2, 0.25) is 0 Å². The van der Waals surface area contributed by atoms with Gasteiger partial charge in [-0.05, 0) is 25.2 Å². The van der Waals surface area contributed by atoms with Crippen molar-refractivity contribution in [3.63, 3.8) is 0 Å². The third kappa shape index (κ3) is 5.13. The Morgan fingerprint density at radius 1 is 1.21 bits per heavy atom. The lowest BCUT2D eigenvalue weighted by Gasteiger charge is -2.36. The first-order valence-electron chi connectivity index (χ1n) is 8.07. The maximum absolute atomic E-state index is 12.1.